The first kappa shape index (κ1) is 14.8. The molecule has 0 aliphatic carbocycles. The second-order valence-electron chi connectivity index (χ2n) is 4.09. The Hall–Kier alpha value is -2.22. The summed E-state index contributed by atoms with van der Waals surface area (Å²) in [6.45, 7) is 4.44. The Bertz CT molecular complexity index is 480. The lowest BCUT2D eigenvalue weighted by Crippen LogP contribution is -2.15. The maximum atomic E-state index is 10.9. The van der Waals surface area contributed by atoms with Crippen LogP contribution in [0.1, 0.15) is 26.7 Å². The van der Waals surface area contributed by atoms with Crippen molar-refractivity contribution in [3.05, 3.63) is 28.3 Å². The quantitative estimate of drug-likeness (QED) is 0.465. The predicted molar refractivity (Wildman–Crippen MR) is 75.4 cm³/mol. The molecule has 1 N–H and O–H groups in total. The van der Waals surface area contributed by atoms with Crippen molar-refractivity contribution in [3.63, 3.8) is 0 Å². The number of nitrogens with zero attached hydrogens (tertiary/aromatic N) is 1. The molecule has 0 aromatic heterocycles. The maximum absolute atomic E-state index is 10.9. The topological polar surface area (TPSA) is 64.4 Å². The fourth-order valence-corrected chi connectivity index (χ4v) is 1.54. The van der Waals surface area contributed by atoms with Gasteiger partial charge in [-0.3, -0.25) is 10.1 Å². The van der Waals surface area contributed by atoms with Crippen LogP contribution in [0.5, 0.6) is 5.75 Å². The van der Waals surface area contributed by atoms with Crippen LogP contribution >= 0.6 is 0 Å². The molecule has 102 valence electrons. The number of non-ortho nitro benzene ring substituents is 1. The van der Waals surface area contributed by atoms with Crippen molar-refractivity contribution in [1.29, 1.82) is 0 Å². The molecular weight excluding hydrogens is 244 g/mol. The third-order valence-electron chi connectivity index (χ3n) is 2.53. The number of terminal acetylenes is 1. The molecule has 0 aliphatic heterocycles. The number of anilines is 1. The van der Waals surface area contributed by atoms with Gasteiger partial charge in [0.15, 0.2) is 0 Å². The van der Waals surface area contributed by atoms with Gasteiger partial charge in [0.05, 0.1) is 23.6 Å². The van der Waals surface area contributed by atoms with Gasteiger partial charge in [0.1, 0.15) is 5.75 Å². The van der Waals surface area contributed by atoms with Crippen LogP contribution in [0.3, 0.4) is 0 Å². The van der Waals surface area contributed by atoms with Gasteiger partial charge in [0.2, 0.25) is 0 Å². The molecule has 1 rings (SSSR count). The highest BCUT2D eigenvalue weighted by molar-refractivity contribution is 5.57. The van der Waals surface area contributed by atoms with E-state index in [1.807, 2.05) is 13.8 Å². The summed E-state index contributed by atoms with van der Waals surface area (Å²) in [5, 5.41) is 14.0. The third kappa shape index (κ3) is 4.51. The lowest BCUT2D eigenvalue weighted by molar-refractivity contribution is -0.384. The molecule has 0 bridgehead atoms. The lowest BCUT2D eigenvalue weighted by atomic mass is 10.2. The van der Waals surface area contributed by atoms with Gasteiger partial charge < -0.3 is 10.1 Å². The summed E-state index contributed by atoms with van der Waals surface area (Å²) in [6, 6.07) is 4.44. The van der Waals surface area contributed by atoms with Gasteiger partial charge in [0, 0.05) is 17.8 Å². The Labute approximate surface area is 113 Å². The molecule has 0 saturated heterocycles. The van der Waals surface area contributed by atoms with Crippen LogP contribution in [0.15, 0.2) is 18.2 Å². The van der Waals surface area contributed by atoms with E-state index >= 15 is 0 Å². The van der Waals surface area contributed by atoms with E-state index in [9.17, 15) is 10.1 Å². The first-order chi connectivity index (χ1) is 9.10. The summed E-state index contributed by atoms with van der Waals surface area (Å²) in [6.07, 6.45) is 6.95. The molecule has 19 heavy (non-hydrogen) atoms. The number of nitro groups is 1. The summed E-state index contributed by atoms with van der Waals surface area (Å²) >= 11 is 0. The normalized spacial score (nSPS) is 11.4. The van der Waals surface area contributed by atoms with Crippen LogP contribution in [0.2, 0.25) is 0 Å². The zero-order valence-corrected chi connectivity index (χ0v) is 11.2. The largest absolute Gasteiger partial charge is 0.493 e. The van der Waals surface area contributed by atoms with Crippen LogP contribution in [0.4, 0.5) is 11.4 Å². The number of ether oxygens (including phenoxy) is 1. The van der Waals surface area contributed by atoms with Gasteiger partial charge in [-0.15, -0.1) is 6.42 Å². The van der Waals surface area contributed by atoms with Gasteiger partial charge in [-0.25, -0.2) is 0 Å². The zero-order valence-electron chi connectivity index (χ0n) is 11.2. The number of nitrogens with one attached hydrogen (secondary N) is 1. The number of hydrogen-bond donors (Lipinski definition) is 1. The van der Waals surface area contributed by atoms with E-state index in [2.05, 4.69) is 11.2 Å². The molecule has 1 unspecified atom stereocenters. The number of hydrogen-bond acceptors (Lipinski definition) is 4. The molecule has 0 saturated carbocycles. The Morgan fingerprint density at radius 1 is 1.47 bits per heavy atom. The lowest BCUT2D eigenvalue weighted by Gasteiger charge is -2.13. The molecule has 0 heterocycles. The van der Waals surface area contributed by atoms with Crippen LogP contribution < -0.4 is 10.1 Å². The number of benzene rings is 1. The van der Waals surface area contributed by atoms with Gasteiger partial charge in [-0.2, -0.15) is 0 Å². The molecule has 5 nitrogen and oxygen atoms in total. The highest BCUT2D eigenvalue weighted by Crippen LogP contribution is 2.26. The monoisotopic (exact) mass is 262 g/mol. The minimum atomic E-state index is -0.444. The summed E-state index contributed by atoms with van der Waals surface area (Å²) < 4.78 is 5.44. The highest BCUT2D eigenvalue weighted by Gasteiger charge is 2.12. The van der Waals surface area contributed by atoms with E-state index in [4.69, 9.17) is 11.2 Å². The van der Waals surface area contributed by atoms with E-state index in [1.165, 1.54) is 12.1 Å². The van der Waals surface area contributed by atoms with Gasteiger partial charge >= 0.3 is 0 Å². The molecular formula is C14H18N2O3. The predicted octanol–water partition coefficient (Wildman–Crippen LogP) is 3.21. The number of rotatable bonds is 7. The van der Waals surface area contributed by atoms with Crippen LogP contribution in [0.25, 0.3) is 0 Å². The van der Waals surface area contributed by atoms with Crippen LogP contribution in [-0.4, -0.2) is 17.6 Å². The van der Waals surface area contributed by atoms with Gasteiger partial charge in [-0.05, 0) is 12.8 Å². The van der Waals surface area contributed by atoms with E-state index < -0.39 is 4.92 Å². The van der Waals surface area contributed by atoms with E-state index in [-0.39, 0.29) is 11.7 Å². The minimum absolute atomic E-state index is 0.0111. The fourth-order valence-electron chi connectivity index (χ4n) is 1.54. The molecule has 1 aromatic rings. The molecule has 0 radical (unpaired) electrons. The molecule has 0 fully saturated rings. The number of nitro benzene ring substituents is 1. The highest BCUT2D eigenvalue weighted by atomic mass is 16.6. The molecule has 1 atom stereocenters. The third-order valence-corrected chi connectivity index (χ3v) is 2.53. The molecule has 5 heteroatoms. The Kier molecular flexibility index (Phi) is 5.68. The Morgan fingerprint density at radius 2 is 2.21 bits per heavy atom. The average molecular weight is 262 g/mol. The van der Waals surface area contributed by atoms with Crippen molar-refractivity contribution in [2.24, 2.45) is 0 Å². The summed E-state index contributed by atoms with van der Waals surface area (Å²) in [5.41, 5.74) is 0.591. The van der Waals surface area contributed by atoms with Crippen molar-refractivity contribution in [2.75, 3.05) is 11.9 Å². The van der Waals surface area contributed by atoms with E-state index in [0.717, 1.165) is 12.8 Å². The summed E-state index contributed by atoms with van der Waals surface area (Å²) in [5.74, 6) is 3.07. The van der Waals surface area contributed by atoms with Crippen LogP contribution in [0, 0.1) is 22.5 Å². The van der Waals surface area contributed by atoms with Crippen molar-refractivity contribution in [3.8, 4) is 18.1 Å². The van der Waals surface area contributed by atoms with Gasteiger partial charge in [-0.1, -0.05) is 19.8 Å². The second kappa shape index (κ2) is 7.27. The van der Waals surface area contributed by atoms with E-state index in [1.54, 1.807) is 6.07 Å². The Morgan fingerprint density at radius 3 is 2.74 bits per heavy atom. The molecule has 1 aromatic carbocycles. The van der Waals surface area contributed by atoms with Gasteiger partial charge in [0.25, 0.3) is 5.69 Å². The standard InChI is InChI=1S/C14H18N2O3/c1-4-7-19-14-9-12(15-11(5-2)6-3)8-13(10-14)16(17)18/h2,8-11,15H,4,6-7H2,1,3H3. The minimum Gasteiger partial charge on any atom is -0.493 e. The summed E-state index contributed by atoms with van der Waals surface area (Å²) in [4.78, 5) is 10.4. The van der Waals surface area contributed by atoms with Crippen molar-refractivity contribution < 1.29 is 9.66 Å². The SMILES string of the molecule is C#CC(CC)Nc1cc(OCCC)cc([N+](=O)[O-])c1. The first-order valence-corrected chi connectivity index (χ1v) is 6.25. The molecule has 0 aliphatic rings. The summed E-state index contributed by atoms with van der Waals surface area (Å²) in [7, 11) is 0. The first-order valence-electron chi connectivity index (χ1n) is 6.25. The molecule has 0 amide bonds. The van der Waals surface area contributed by atoms with Crippen molar-refractivity contribution in [1.82, 2.24) is 0 Å². The Balaban J connectivity index is 2.99. The van der Waals surface area contributed by atoms with Crippen molar-refractivity contribution in [2.45, 2.75) is 32.7 Å². The zero-order chi connectivity index (χ0) is 14.3. The van der Waals surface area contributed by atoms with Crippen LogP contribution in [-0.2, 0) is 0 Å². The maximum Gasteiger partial charge on any atom is 0.275 e. The smallest absolute Gasteiger partial charge is 0.275 e. The van der Waals surface area contributed by atoms with Crippen molar-refractivity contribution >= 4 is 11.4 Å². The molecule has 0 spiro atoms. The average Bonchev–Trinajstić information content (AvgIpc) is 2.42. The van der Waals surface area contributed by atoms with E-state index in [0.29, 0.717) is 18.0 Å². The fraction of sp³-hybridized carbons (Fsp3) is 0.429. The second-order valence-corrected chi connectivity index (χ2v) is 4.09.